The molecule has 3 saturated heterocycles. The fourth-order valence-electron chi connectivity index (χ4n) is 9.69. The van der Waals surface area contributed by atoms with Gasteiger partial charge in [0.25, 0.3) is 17.7 Å². The number of hydrogen-bond donors (Lipinski definition) is 1. The van der Waals surface area contributed by atoms with Gasteiger partial charge in [0.2, 0.25) is 17.7 Å². The van der Waals surface area contributed by atoms with Crippen molar-refractivity contribution >= 4 is 46.2 Å². The number of carbonyl (C=O) groups excluding carboxylic acids is 6. The molecular weight excluding hydrogens is 805 g/mol. The zero-order valence-corrected chi connectivity index (χ0v) is 34.9. The average Bonchev–Trinajstić information content (AvgIpc) is 3.81. The Bertz CT molecular complexity index is 2710. The summed E-state index contributed by atoms with van der Waals surface area (Å²) in [6.45, 7) is 5.80. The van der Waals surface area contributed by atoms with Crippen molar-refractivity contribution < 1.29 is 38.2 Å². The SMILES string of the molecule is CC(=O)N1CCn2c(C3CCOCC3)nc(-c3cccc4cc(-c5ccc(C(=O)N6CCCC(OCc7cccc8c7C(=O)N(C7CCC(=O)NC7=O)C8=O)C6)nc5)ncc34)c2C1. The predicted molar refractivity (Wildman–Crippen MR) is 227 cm³/mol. The van der Waals surface area contributed by atoms with Crippen molar-refractivity contribution in [2.75, 3.05) is 32.8 Å². The number of imidazole rings is 1. The first-order chi connectivity index (χ1) is 30.6. The third-order valence-corrected chi connectivity index (χ3v) is 13.1. The number of nitrogens with zero attached hydrogens (tertiary/aromatic N) is 7. The van der Waals surface area contributed by atoms with Crippen LogP contribution >= 0.6 is 0 Å². The Morgan fingerprint density at radius 3 is 2.49 bits per heavy atom. The number of nitrogens with one attached hydrogen (secondary N) is 1. The summed E-state index contributed by atoms with van der Waals surface area (Å²) < 4.78 is 14.3. The standard InChI is InChI=1S/C47H46N8O8/c1-27(56)52-17-18-54-39(25-52)42(51-43(54)28-14-19-62-20-15-28)33-8-2-5-29-21-37(49-23-35(29)33)30-10-11-36(48-22-30)46(60)53-16-4-7-32(24-53)63-26-31-6-3-9-34-41(31)47(61)55(45(34)59)38-12-13-40(57)50-44(38)58/h2-3,5-6,8-11,21-23,28,32,38H,4,7,12-20,24-26H2,1H3,(H,50,57,58). The molecule has 0 spiro atoms. The number of imide groups is 2. The first-order valence-electron chi connectivity index (χ1n) is 21.7. The van der Waals surface area contributed by atoms with Crippen molar-refractivity contribution in [3.8, 4) is 22.5 Å². The highest BCUT2D eigenvalue weighted by Crippen LogP contribution is 2.38. The van der Waals surface area contributed by atoms with Crippen LogP contribution in [0.5, 0.6) is 0 Å². The van der Waals surface area contributed by atoms with Crippen LogP contribution in [0.2, 0.25) is 0 Å². The number of benzene rings is 2. The highest BCUT2D eigenvalue weighted by atomic mass is 16.5. The van der Waals surface area contributed by atoms with Gasteiger partial charge in [0, 0.05) is 87.6 Å². The molecule has 5 aliphatic rings. The van der Waals surface area contributed by atoms with Crippen LogP contribution < -0.4 is 5.32 Å². The fraction of sp³-hybridized carbons (Fsp3) is 0.383. The molecule has 3 fully saturated rings. The van der Waals surface area contributed by atoms with Gasteiger partial charge < -0.3 is 23.8 Å². The summed E-state index contributed by atoms with van der Waals surface area (Å²) in [4.78, 5) is 96.6. The lowest BCUT2D eigenvalue weighted by Gasteiger charge is -2.32. The minimum Gasteiger partial charge on any atom is -0.381 e. The molecule has 16 heteroatoms. The fourth-order valence-corrected chi connectivity index (χ4v) is 9.69. The van der Waals surface area contributed by atoms with Gasteiger partial charge in [-0.25, -0.2) is 4.98 Å². The molecule has 5 aliphatic heterocycles. The second-order valence-electron chi connectivity index (χ2n) is 16.9. The van der Waals surface area contributed by atoms with E-state index in [-0.39, 0.29) is 48.5 Å². The lowest BCUT2D eigenvalue weighted by molar-refractivity contribution is -0.136. The Balaban J connectivity index is 0.823. The molecule has 2 atom stereocenters. The molecule has 1 N–H and O–H groups in total. The van der Waals surface area contributed by atoms with Crippen LogP contribution in [0.25, 0.3) is 33.3 Å². The van der Waals surface area contributed by atoms with Gasteiger partial charge in [0.15, 0.2) is 0 Å². The summed E-state index contributed by atoms with van der Waals surface area (Å²) in [5.74, 6) is -1.07. The third-order valence-electron chi connectivity index (χ3n) is 13.1. The topological polar surface area (TPSA) is 186 Å². The maximum atomic E-state index is 13.8. The summed E-state index contributed by atoms with van der Waals surface area (Å²) >= 11 is 0. The van der Waals surface area contributed by atoms with Gasteiger partial charge in [-0.3, -0.25) is 49.0 Å². The van der Waals surface area contributed by atoms with Gasteiger partial charge in [-0.15, -0.1) is 0 Å². The molecule has 0 bridgehead atoms. The van der Waals surface area contributed by atoms with E-state index in [0.717, 1.165) is 56.9 Å². The summed E-state index contributed by atoms with van der Waals surface area (Å²) in [7, 11) is 0. The van der Waals surface area contributed by atoms with Crippen LogP contribution in [-0.2, 0) is 43.6 Å². The van der Waals surface area contributed by atoms with E-state index >= 15 is 0 Å². The molecule has 0 radical (unpaired) electrons. The van der Waals surface area contributed by atoms with Gasteiger partial charge in [-0.05, 0) is 67.3 Å². The number of carbonyl (C=O) groups is 6. The van der Waals surface area contributed by atoms with Crippen molar-refractivity contribution in [2.45, 2.75) is 83.2 Å². The van der Waals surface area contributed by atoms with E-state index in [1.165, 1.54) is 0 Å². The number of piperidine rings is 2. The second kappa shape index (κ2) is 16.6. The predicted octanol–water partition coefficient (Wildman–Crippen LogP) is 4.64. The Morgan fingerprint density at radius 2 is 1.70 bits per heavy atom. The van der Waals surface area contributed by atoms with Crippen LogP contribution in [0, 0.1) is 0 Å². The number of fused-ring (bicyclic) bond motifs is 3. The number of ether oxygens (including phenoxy) is 2. The van der Waals surface area contributed by atoms with Crippen molar-refractivity contribution in [2.24, 2.45) is 0 Å². The minimum atomic E-state index is -1.06. The summed E-state index contributed by atoms with van der Waals surface area (Å²) in [6.07, 6.45) is 6.56. The maximum absolute atomic E-state index is 13.8. The molecule has 0 aliphatic carbocycles. The Morgan fingerprint density at radius 1 is 0.873 bits per heavy atom. The van der Waals surface area contributed by atoms with E-state index in [0.29, 0.717) is 81.6 Å². The molecule has 3 aromatic heterocycles. The van der Waals surface area contributed by atoms with E-state index in [4.69, 9.17) is 19.4 Å². The normalized spacial score (nSPS) is 20.6. The molecule has 322 valence electrons. The molecule has 2 unspecified atom stereocenters. The molecule has 63 heavy (non-hydrogen) atoms. The average molecular weight is 851 g/mol. The summed E-state index contributed by atoms with van der Waals surface area (Å²) in [6, 6.07) is 15.6. The molecular formula is C47H46N8O8. The van der Waals surface area contributed by atoms with Crippen molar-refractivity contribution in [1.29, 1.82) is 0 Å². The van der Waals surface area contributed by atoms with E-state index in [2.05, 4.69) is 20.9 Å². The Kier molecular flexibility index (Phi) is 10.6. The van der Waals surface area contributed by atoms with Crippen LogP contribution in [0.15, 0.2) is 67.0 Å². The van der Waals surface area contributed by atoms with Gasteiger partial charge >= 0.3 is 0 Å². The Hall–Kier alpha value is -6.65. The second-order valence-corrected chi connectivity index (χ2v) is 16.9. The molecule has 6 amide bonds. The van der Waals surface area contributed by atoms with E-state index in [1.807, 2.05) is 35.4 Å². The smallest absolute Gasteiger partial charge is 0.272 e. The maximum Gasteiger partial charge on any atom is 0.272 e. The van der Waals surface area contributed by atoms with Crippen molar-refractivity contribution in [3.05, 3.63) is 101 Å². The molecule has 0 saturated carbocycles. The van der Waals surface area contributed by atoms with E-state index in [1.54, 1.807) is 42.3 Å². The molecule has 8 heterocycles. The van der Waals surface area contributed by atoms with Gasteiger partial charge in [0.05, 0.1) is 47.5 Å². The van der Waals surface area contributed by atoms with Gasteiger partial charge in [-0.1, -0.05) is 30.3 Å². The monoisotopic (exact) mass is 850 g/mol. The number of likely N-dealkylation sites (tertiary alicyclic amines) is 1. The van der Waals surface area contributed by atoms with Gasteiger partial charge in [0.1, 0.15) is 17.6 Å². The largest absolute Gasteiger partial charge is 0.381 e. The molecule has 2 aromatic carbocycles. The number of rotatable bonds is 8. The Labute approximate surface area is 362 Å². The zero-order chi connectivity index (χ0) is 43.4. The van der Waals surface area contributed by atoms with Crippen LogP contribution in [0.4, 0.5) is 0 Å². The minimum absolute atomic E-state index is 0.0332. The highest BCUT2D eigenvalue weighted by Gasteiger charge is 2.45. The highest BCUT2D eigenvalue weighted by molar-refractivity contribution is 6.24. The van der Waals surface area contributed by atoms with E-state index in [9.17, 15) is 28.8 Å². The number of pyridine rings is 2. The first-order valence-corrected chi connectivity index (χ1v) is 21.7. The molecule has 5 aromatic rings. The summed E-state index contributed by atoms with van der Waals surface area (Å²) in [5.41, 5.74) is 5.56. The van der Waals surface area contributed by atoms with Crippen molar-refractivity contribution in [3.63, 3.8) is 0 Å². The van der Waals surface area contributed by atoms with E-state index < -0.39 is 29.7 Å². The molecule has 10 rings (SSSR count). The van der Waals surface area contributed by atoms with Crippen LogP contribution in [0.1, 0.15) is 99.7 Å². The van der Waals surface area contributed by atoms with Crippen molar-refractivity contribution in [1.82, 2.24) is 39.5 Å². The van der Waals surface area contributed by atoms with Crippen LogP contribution in [-0.4, -0.2) is 115 Å². The number of hydrogen-bond acceptors (Lipinski definition) is 11. The number of amides is 6. The lowest BCUT2D eigenvalue weighted by atomic mass is 9.99. The first kappa shape index (κ1) is 40.4. The van der Waals surface area contributed by atoms with Gasteiger partial charge in [-0.2, -0.15) is 0 Å². The van der Waals surface area contributed by atoms with Crippen LogP contribution in [0.3, 0.4) is 0 Å². The third kappa shape index (κ3) is 7.46. The lowest BCUT2D eigenvalue weighted by Crippen LogP contribution is -2.54. The summed E-state index contributed by atoms with van der Waals surface area (Å²) in [5, 5.41) is 4.15. The quantitative estimate of drug-likeness (QED) is 0.215. The zero-order valence-electron chi connectivity index (χ0n) is 34.9. The molecule has 16 nitrogen and oxygen atoms in total. The number of aromatic nitrogens is 4.